The van der Waals surface area contributed by atoms with Crippen LogP contribution in [0.25, 0.3) is 11.0 Å². The number of benzene rings is 1. The largest absolute Gasteiger partial charge is 0.387 e. The molecule has 0 fully saturated rings. The molecule has 104 valence electrons. The molecule has 0 aliphatic heterocycles. The van der Waals surface area contributed by atoms with Crippen LogP contribution in [0.15, 0.2) is 24.3 Å². The molecule has 0 aliphatic carbocycles. The molecule has 4 heteroatoms. The lowest BCUT2D eigenvalue weighted by molar-refractivity contribution is -0.0312. The number of para-hydroxylation sites is 2. The SMILES string of the molecule is CCOCC(C)(O)Cc1nc2ccccc2n1CC. The molecular formula is C15H22N2O2. The second-order valence-electron chi connectivity index (χ2n) is 5.07. The van der Waals surface area contributed by atoms with Crippen molar-refractivity contribution in [3.05, 3.63) is 30.1 Å². The maximum absolute atomic E-state index is 10.4. The van der Waals surface area contributed by atoms with Crippen LogP contribution in [-0.4, -0.2) is 33.5 Å². The lowest BCUT2D eigenvalue weighted by Gasteiger charge is -2.22. The second-order valence-corrected chi connectivity index (χ2v) is 5.07. The average molecular weight is 262 g/mol. The van der Waals surface area contributed by atoms with Crippen molar-refractivity contribution < 1.29 is 9.84 Å². The highest BCUT2D eigenvalue weighted by atomic mass is 16.5. The predicted molar refractivity (Wildman–Crippen MR) is 76.2 cm³/mol. The van der Waals surface area contributed by atoms with Gasteiger partial charge in [-0.05, 0) is 32.9 Å². The number of hydrogen-bond donors (Lipinski definition) is 1. The second kappa shape index (κ2) is 5.72. The Morgan fingerprint density at radius 2 is 2.05 bits per heavy atom. The van der Waals surface area contributed by atoms with E-state index in [1.165, 1.54) is 0 Å². The van der Waals surface area contributed by atoms with Crippen molar-refractivity contribution in [3.8, 4) is 0 Å². The summed E-state index contributed by atoms with van der Waals surface area (Å²) in [5.74, 6) is 0.911. The lowest BCUT2D eigenvalue weighted by atomic mass is 10.0. The maximum Gasteiger partial charge on any atom is 0.112 e. The zero-order valence-electron chi connectivity index (χ0n) is 11.9. The van der Waals surface area contributed by atoms with Crippen molar-refractivity contribution in [3.63, 3.8) is 0 Å². The van der Waals surface area contributed by atoms with Crippen LogP contribution in [0, 0.1) is 0 Å². The summed E-state index contributed by atoms with van der Waals surface area (Å²) in [5, 5.41) is 10.4. The van der Waals surface area contributed by atoms with E-state index in [4.69, 9.17) is 4.74 Å². The molecule has 0 saturated heterocycles. The van der Waals surface area contributed by atoms with Gasteiger partial charge in [-0.1, -0.05) is 12.1 Å². The van der Waals surface area contributed by atoms with E-state index < -0.39 is 5.60 Å². The first-order valence-corrected chi connectivity index (χ1v) is 6.81. The topological polar surface area (TPSA) is 47.3 Å². The van der Waals surface area contributed by atoms with Crippen LogP contribution in [0.2, 0.25) is 0 Å². The maximum atomic E-state index is 10.4. The molecule has 1 atom stereocenters. The number of ether oxygens (including phenoxy) is 1. The zero-order chi connectivity index (χ0) is 13.9. The monoisotopic (exact) mass is 262 g/mol. The molecule has 0 aliphatic rings. The number of hydrogen-bond acceptors (Lipinski definition) is 3. The highest BCUT2D eigenvalue weighted by molar-refractivity contribution is 5.75. The molecule has 19 heavy (non-hydrogen) atoms. The molecule has 0 amide bonds. The summed E-state index contributed by atoms with van der Waals surface area (Å²) < 4.78 is 7.48. The molecule has 4 nitrogen and oxygen atoms in total. The summed E-state index contributed by atoms with van der Waals surface area (Å²) in [4.78, 5) is 4.62. The molecular weight excluding hydrogens is 240 g/mol. The Kier molecular flexibility index (Phi) is 4.22. The highest BCUT2D eigenvalue weighted by Crippen LogP contribution is 2.20. The predicted octanol–water partition coefficient (Wildman–Crippen LogP) is 2.39. The number of imidazole rings is 1. The van der Waals surface area contributed by atoms with Gasteiger partial charge in [-0.3, -0.25) is 0 Å². The number of fused-ring (bicyclic) bond motifs is 1. The normalized spacial score (nSPS) is 14.7. The highest BCUT2D eigenvalue weighted by Gasteiger charge is 2.24. The van der Waals surface area contributed by atoms with Crippen molar-refractivity contribution in [2.24, 2.45) is 0 Å². The zero-order valence-corrected chi connectivity index (χ0v) is 11.9. The number of aryl methyl sites for hydroxylation is 1. The summed E-state index contributed by atoms with van der Waals surface area (Å²) in [5.41, 5.74) is 1.21. The fourth-order valence-electron chi connectivity index (χ4n) is 2.33. The van der Waals surface area contributed by atoms with E-state index in [9.17, 15) is 5.11 Å². The van der Waals surface area contributed by atoms with Gasteiger partial charge >= 0.3 is 0 Å². The first-order chi connectivity index (χ1) is 9.07. The summed E-state index contributed by atoms with van der Waals surface area (Å²) >= 11 is 0. The van der Waals surface area contributed by atoms with Gasteiger partial charge < -0.3 is 14.4 Å². The van der Waals surface area contributed by atoms with E-state index in [0.717, 1.165) is 23.4 Å². The van der Waals surface area contributed by atoms with E-state index in [2.05, 4.69) is 22.5 Å². The van der Waals surface area contributed by atoms with Gasteiger partial charge in [-0.25, -0.2) is 4.98 Å². The molecule has 1 aromatic heterocycles. The van der Waals surface area contributed by atoms with E-state index in [0.29, 0.717) is 19.6 Å². The van der Waals surface area contributed by atoms with Crippen molar-refractivity contribution in [1.29, 1.82) is 0 Å². The van der Waals surface area contributed by atoms with E-state index in [-0.39, 0.29) is 0 Å². The first kappa shape index (κ1) is 14.0. The molecule has 0 radical (unpaired) electrons. The Morgan fingerprint density at radius 1 is 1.32 bits per heavy atom. The molecule has 1 unspecified atom stereocenters. The van der Waals surface area contributed by atoms with Crippen molar-refractivity contribution in [1.82, 2.24) is 9.55 Å². The Morgan fingerprint density at radius 3 is 2.74 bits per heavy atom. The molecule has 2 aromatic rings. The van der Waals surface area contributed by atoms with Crippen LogP contribution >= 0.6 is 0 Å². The molecule has 1 aromatic carbocycles. The van der Waals surface area contributed by atoms with Gasteiger partial charge in [0.2, 0.25) is 0 Å². The van der Waals surface area contributed by atoms with Crippen LogP contribution < -0.4 is 0 Å². The molecule has 0 spiro atoms. The molecule has 1 heterocycles. The molecule has 0 bridgehead atoms. The van der Waals surface area contributed by atoms with Gasteiger partial charge in [0, 0.05) is 19.6 Å². The summed E-state index contributed by atoms with van der Waals surface area (Å²) in [6.07, 6.45) is 0.496. The van der Waals surface area contributed by atoms with Crippen LogP contribution in [-0.2, 0) is 17.7 Å². The Bertz CT molecular complexity index is 546. The number of nitrogens with zero attached hydrogens (tertiary/aromatic N) is 2. The standard InChI is InChI=1S/C15H22N2O2/c1-4-17-13-9-7-6-8-12(13)16-14(17)10-15(3,18)11-19-5-2/h6-9,18H,4-5,10-11H2,1-3H3. The number of aliphatic hydroxyl groups is 1. The molecule has 0 saturated carbocycles. The van der Waals surface area contributed by atoms with Gasteiger partial charge in [-0.2, -0.15) is 0 Å². The third-order valence-electron chi connectivity index (χ3n) is 3.21. The summed E-state index contributed by atoms with van der Waals surface area (Å²) in [6, 6.07) is 8.06. The van der Waals surface area contributed by atoms with Crippen molar-refractivity contribution in [2.45, 2.75) is 39.3 Å². The Balaban J connectivity index is 2.29. The van der Waals surface area contributed by atoms with Crippen molar-refractivity contribution in [2.75, 3.05) is 13.2 Å². The van der Waals surface area contributed by atoms with E-state index in [1.54, 1.807) is 6.92 Å². The van der Waals surface area contributed by atoms with Gasteiger partial charge in [0.15, 0.2) is 0 Å². The Labute approximate surface area is 114 Å². The third kappa shape index (κ3) is 3.14. The minimum absolute atomic E-state index is 0.330. The smallest absolute Gasteiger partial charge is 0.112 e. The lowest BCUT2D eigenvalue weighted by Crippen LogP contribution is -2.34. The van der Waals surface area contributed by atoms with Gasteiger partial charge in [0.25, 0.3) is 0 Å². The molecule has 2 rings (SSSR count). The first-order valence-electron chi connectivity index (χ1n) is 6.81. The number of rotatable bonds is 6. The summed E-state index contributed by atoms with van der Waals surface area (Å²) in [6.45, 7) is 7.60. The Hall–Kier alpha value is -1.39. The van der Waals surface area contributed by atoms with Crippen LogP contribution in [0.3, 0.4) is 0 Å². The van der Waals surface area contributed by atoms with Gasteiger partial charge in [-0.15, -0.1) is 0 Å². The van der Waals surface area contributed by atoms with Gasteiger partial charge in [0.05, 0.1) is 23.2 Å². The van der Waals surface area contributed by atoms with Crippen molar-refractivity contribution >= 4 is 11.0 Å². The summed E-state index contributed by atoms with van der Waals surface area (Å²) in [7, 11) is 0. The third-order valence-corrected chi connectivity index (χ3v) is 3.21. The molecule has 1 N–H and O–H groups in total. The van der Waals surface area contributed by atoms with Crippen LogP contribution in [0.4, 0.5) is 0 Å². The quantitative estimate of drug-likeness (QED) is 0.869. The van der Waals surface area contributed by atoms with Crippen LogP contribution in [0.5, 0.6) is 0 Å². The fraction of sp³-hybridized carbons (Fsp3) is 0.533. The van der Waals surface area contributed by atoms with Crippen LogP contribution in [0.1, 0.15) is 26.6 Å². The minimum Gasteiger partial charge on any atom is -0.387 e. The average Bonchev–Trinajstić information content (AvgIpc) is 2.72. The van der Waals surface area contributed by atoms with E-state index in [1.807, 2.05) is 25.1 Å². The van der Waals surface area contributed by atoms with Gasteiger partial charge in [0.1, 0.15) is 5.82 Å². The number of aromatic nitrogens is 2. The fourth-order valence-corrected chi connectivity index (χ4v) is 2.33. The van der Waals surface area contributed by atoms with E-state index >= 15 is 0 Å². The minimum atomic E-state index is -0.885.